The minimum atomic E-state index is 0.106. The average Bonchev–Trinajstić information content (AvgIpc) is 2.42. The summed E-state index contributed by atoms with van der Waals surface area (Å²) in [5.41, 5.74) is 8.61. The Morgan fingerprint density at radius 3 is 2.67 bits per heavy atom. The Kier molecular flexibility index (Phi) is 4.73. The van der Waals surface area contributed by atoms with Gasteiger partial charge < -0.3 is 10.5 Å². The number of aromatic nitrogens is 3. The molecule has 0 fully saturated rings. The Balaban J connectivity index is 2.45. The van der Waals surface area contributed by atoms with Crippen molar-refractivity contribution in [3.63, 3.8) is 0 Å². The van der Waals surface area contributed by atoms with Gasteiger partial charge in [0.15, 0.2) is 0 Å². The van der Waals surface area contributed by atoms with Crippen molar-refractivity contribution >= 4 is 5.82 Å². The van der Waals surface area contributed by atoms with E-state index in [1.54, 1.807) is 12.4 Å². The summed E-state index contributed by atoms with van der Waals surface area (Å²) < 4.78 is 5.69. The van der Waals surface area contributed by atoms with Crippen LogP contribution in [0.5, 0.6) is 5.75 Å². The molecule has 0 aliphatic heterocycles. The number of pyridine rings is 1. The van der Waals surface area contributed by atoms with E-state index in [1.807, 2.05) is 26.8 Å². The molecule has 0 aliphatic carbocycles. The van der Waals surface area contributed by atoms with Crippen molar-refractivity contribution in [3.05, 3.63) is 29.8 Å². The molecule has 112 valence electrons. The lowest BCUT2D eigenvalue weighted by atomic mass is 10.1. The van der Waals surface area contributed by atoms with Crippen molar-refractivity contribution < 1.29 is 4.74 Å². The van der Waals surface area contributed by atoms with Crippen molar-refractivity contribution in [1.29, 1.82) is 0 Å². The van der Waals surface area contributed by atoms with Crippen LogP contribution in [0.3, 0.4) is 0 Å². The molecule has 0 atom stereocenters. The first-order valence-electron chi connectivity index (χ1n) is 7.26. The summed E-state index contributed by atoms with van der Waals surface area (Å²) in [5, 5.41) is 0. The number of hydrogen-bond acceptors (Lipinski definition) is 5. The Morgan fingerprint density at radius 2 is 2.00 bits per heavy atom. The third-order valence-corrected chi connectivity index (χ3v) is 3.06. The fourth-order valence-corrected chi connectivity index (χ4v) is 2.08. The topological polar surface area (TPSA) is 73.9 Å². The van der Waals surface area contributed by atoms with Crippen LogP contribution < -0.4 is 10.5 Å². The first-order valence-corrected chi connectivity index (χ1v) is 7.26. The van der Waals surface area contributed by atoms with Gasteiger partial charge in [0.05, 0.1) is 18.0 Å². The number of nitrogens with zero attached hydrogens (tertiary/aromatic N) is 3. The molecular formula is C16H22N4O. The molecule has 2 N–H and O–H groups in total. The van der Waals surface area contributed by atoms with Crippen LogP contribution >= 0.6 is 0 Å². The zero-order valence-corrected chi connectivity index (χ0v) is 13.1. The molecule has 2 aromatic heterocycles. The third-order valence-electron chi connectivity index (χ3n) is 3.06. The molecule has 5 nitrogen and oxygen atoms in total. The van der Waals surface area contributed by atoms with E-state index in [2.05, 4.69) is 21.9 Å². The van der Waals surface area contributed by atoms with Gasteiger partial charge >= 0.3 is 0 Å². The van der Waals surface area contributed by atoms with Gasteiger partial charge in [0.25, 0.3) is 0 Å². The second kappa shape index (κ2) is 6.52. The second-order valence-electron chi connectivity index (χ2n) is 5.32. The molecular weight excluding hydrogens is 264 g/mol. The molecule has 0 radical (unpaired) electrons. The maximum atomic E-state index is 6.01. The van der Waals surface area contributed by atoms with E-state index in [0.29, 0.717) is 5.82 Å². The summed E-state index contributed by atoms with van der Waals surface area (Å²) in [6.07, 6.45) is 5.38. The van der Waals surface area contributed by atoms with E-state index in [-0.39, 0.29) is 6.10 Å². The Morgan fingerprint density at radius 1 is 1.24 bits per heavy atom. The van der Waals surface area contributed by atoms with Crippen LogP contribution in [0.2, 0.25) is 0 Å². The number of anilines is 1. The third kappa shape index (κ3) is 3.68. The van der Waals surface area contributed by atoms with Crippen LogP contribution in [0.15, 0.2) is 18.5 Å². The van der Waals surface area contributed by atoms with Crippen molar-refractivity contribution in [3.8, 4) is 17.0 Å². The van der Waals surface area contributed by atoms with E-state index in [4.69, 9.17) is 10.5 Å². The lowest BCUT2D eigenvalue weighted by Crippen LogP contribution is -2.07. The van der Waals surface area contributed by atoms with Gasteiger partial charge in [0.1, 0.15) is 17.4 Å². The van der Waals surface area contributed by atoms with Gasteiger partial charge in [-0.25, -0.2) is 9.97 Å². The van der Waals surface area contributed by atoms with E-state index in [1.165, 1.54) is 0 Å². The minimum Gasteiger partial charge on any atom is -0.489 e. The molecule has 2 rings (SSSR count). The van der Waals surface area contributed by atoms with E-state index >= 15 is 0 Å². The summed E-state index contributed by atoms with van der Waals surface area (Å²) in [6.45, 7) is 7.99. The number of rotatable bonds is 5. The summed E-state index contributed by atoms with van der Waals surface area (Å²) in [7, 11) is 0. The molecule has 0 saturated carbocycles. The minimum absolute atomic E-state index is 0.106. The summed E-state index contributed by atoms with van der Waals surface area (Å²) >= 11 is 0. The van der Waals surface area contributed by atoms with Gasteiger partial charge in [-0.1, -0.05) is 6.92 Å². The monoisotopic (exact) mass is 286 g/mol. The summed E-state index contributed by atoms with van der Waals surface area (Å²) in [5.74, 6) is 2.03. The Labute approximate surface area is 125 Å². The first kappa shape index (κ1) is 15.2. The van der Waals surface area contributed by atoms with Crippen LogP contribution in [0.25, 0.3) is 11.3 Å². The number of hydrogen-bond donors (Lipinski definition) is 1. The van der Waals surface area contributed by atoms with Crippen molar-refractivity contribution in [1.82, 2.24) is 15.0 Å². The number of nitrogen functional groups attached to an aromatic ring is 1. The Bertz CT molecular complexity index is 626. The molecule has 5 heteroatoms. The number of ether oxygens (including phenoxy) is 1. The standard InChI is InChI=1S/C16H22N4O/c1-5-6-14-19-15(11(4)16(17)20-14)12-7-13(9-18-8-12)21-10(2)3/h7-10H,5-6H2,1-4H3,(H2,17,19,20). The van der Waals surface area contributed by atoms with Crippen LogP contribution in [-0.4, -0.2) is 21.1 Å². The molecule has 0 saturated heterocycles. The van der Waals surface area contributed by atoms with Crippen LogP contribution in [0, 0.1) is 6.92 Å². The highest BCUT2D eigenvalue weighted by molar-refractivity contribution is 5.67. The van der Waals surface area contributed by atoms with E-state index in [0.717, 1.165) is 41.2 Å². The molecule has 0 aromatic carbocycles. The lowest BCUT2D eigenvalue weighted by molar-refractivity contribution is 0.241. The van der Waals surface area contributed by atoms with Gasteiger partial charge in [-0.3, -0.25) is 4.98 Å². The molecule has 2 aromatic rings. The summed E-state index contributed by atoms with van der Waals surface area (Å²) in [6, 6.07) is 1.94. The molecule has 0 aliphatic rings. The molecule has 21 heavy (non-hydrogen) atoms. The van der Waals surface area contributed by atoms with Crippen LogP contribution in [0.4, 0.5) is 5.82 Å². The van der Waals surface area contributed by atoms with Gasteiger partial charge in [0, 0.05) is 23.7 Å². The van der Waals surface area contributed by atoms with E-state index in [9.17, 15) is 0 Å². The van der Waals surface area contributed by atoms with Crippen molar-refractivity contribution in [2.45, 2.75) is 46.6 Å². The van der Waals surface area contributed by atoms with Gasteiger partial charge in [-0.15, -0.1) is 0 Å². The predicted molar refractivity (Wildman–Crippen MR) is 84.2 cm³/mol. The maximum Gasteiger partial charge on any atom is 0.138 e. The number of nitrogens with two attached hydrogens (primary N) is 1. The molecule has 0 unspecified atom stereocenters. The van der Waals surface area contributed by atoms with Crippen molar-refractivity contribution in [2.75, 3.05) is 5.73 Å². The maximum absolute atomic E-state index is 6.01. The summed E-state index contributed by atoms with van der Waals surface area (Å²) in [4.78, 5) is 13.2. The smallest absolute Gasteiger partial charge is 0.138 e. The normalized spacial score (nSPS) is 10.9. The largest absolute Gasteiger partial charge is 0.489 e. The first-order chi connectivity index (χ1) is 10.0. The fraction of sp³-hybridized carbons (Fsp3) is 0.438. The van der Waals surface area contributed by atoms with E-state index < -0.39 is 0 Å². The quantitative estimate of drug-likeness (QED) is 0.913. The molecule has 0 spiro atoms. The highest BCUT2D eigenvalue weighted by Crippen LogP contribution is 2.27. The van der Waals surface area contributed by atoms with Crippen LogP contribution in [-0.2, 0) is 6.42 Å². The molecule has 0 bridgehead atoms. The van der Waals surface area contributed by atoms with Gasteiger partial charge in [0.2, 0.25) is 0 Å². The highest BCUT2D eigenvalue weighted by Gasteiger charge is 2.12. The highest BCUT2D eigenvalue weighted by atomic mass is 16.5. The fourth-order valence-electron chi connectivity index (χ4n) is 2.08. The lowest BCUT2D eigenvalue weighted by Gasteiger charge is -2.12. The van der Waals surface area contributed by atoms with Gasteiger partial charge in [-0.05, 0) is 33.3 Å². The zero-order valence-electron chi connectivity index (χ0n) is 13.1. The molecule has 2 heterocycles. The predicted octanol–water partition coefficient (Wildman–Crippen LogP) is 3.17. The molecule has 0 amide bonds. The Hall–Kier alpha value is -2.17. The van der Waals surface area contributed by atoms with Gasteiger partial charge in [-0.2, -0.15) is 0 Å². The number of aryl methyl sites for hydroxylation is 1. The SMILES string of the molecule is CCCc1nc(N)c(C)c(-c2cncc(OC(C)C)c2)n1. The van der Waals surface area contributed by atoms with Crippen molar-refractivity contribution in [2.24, 2.45) is 0 Å². The second-order valence-corrected chi connectivity index (χ2v) is 5.32. The average molecular weight is 286 g/mol. The van der Waals surface area contributed by atoms with Crippen LogP contribution in [0.1, 0.15) is 38.6 Å². The zero-order chi connectivity index (χ0) is 15.4.